The average molecular weight is 385 g/mol. The molecule has 0 aromatic heterocycles. The number of thioether (sulfide) groups is 1. The van der Waals surface area contributed by atoms with Gasteiger partial charge in [-0.25, -0.2) is 0 Å². The third-order valence-corrected chi connectivity index (χ3v) is 5.67. The molecule has 5 heteroatoms. The third-order valence-electron chi connectivity index (χ3n) is 4.73. The van der Waals surface area contributed by atoms with Gasteiger partial charge in [0, 0.05) is 36.8 Å². The highest BCUT2D eigenvalue weighted by Crippen LogP contribution is 2.20. The summed E-state index contributed by atoms with van der Waals surface area (Å²) in [6.07, 6.45) is -0.559. The van der Waals surface area contributed by atoms with Crippen LogP contribution in [0.25, 0.3) is 0 Å². The minimum Gasteiger partial charge on any atom is -0.481 e. The molecule has 0 radical (unpaired) electrons. The molecule has 2 aromatic rings. The molecule has 1 heterocycles. The fraction of sp³-hybridized carbons (Fsp3) is 0.409. The SMILES string of the molecule is Cc1cccc(OC(C)C(=O)Nc2ccc(CN3CCSCC3)cc2C)c1. The molecule has 2 aromatic carbocycles. The van der Waals surface area contributed by atoms with E-state index < -0.39 is 6.10 Å². The second kappa shape index (κ2) is 9.29. The second-order valence-electron chi connectivity index (χ2n) is 7.10. The summed E-state index contributed by atoms with van der Waals surface area (Å²) in [6, 6.07) is 14.0. The van der Waals surface area contributed by atoms with Crippen LogP contribution in [0.2, 0.25) is 0 Å². The monoisotopic (exact) mass is 384 g/mol. The van der Waals surface area contributed by atoms with Crippen molar-refractivity contribution in [2.45, 2.75) is 33.4 Å². The number of aryl methyl sites for hydroxylation is 2. The summed E-state index contributed by atoms with van der Waals surface area (Å²) in [5.74, 6) is 3.00. The molecule has 4 nitrogen and oxygen atoms in total. The molecule has 1 fully saturated rings. The van der Waals surface area contributed by atoms with Crippen molar-refractivity contribution in [1.82, 2.24) is 4.90 Å². The Bertz CT molecular complexity index is 788. The maximum atomic E-state index is 12.5. The highest BCUT2D eigenvalue weighted by Gasteiger charge is 2.16. The number of nitrogens with one attached hydrogen (secondary N) is 1. The Balaban J connectivity index is 1.58. The summed E-state index contributed by atoms with van der Waals surface area (Å²) < 4.78 is 5.77. The number of hydrogen-bond donors (Lipinski definition) is 1. The largest absolute Gasteiger partial charge is 0.481 e. The smallest absolute Gasteiger partial charge is 0.265 e. The number of nitrogens with zero attached hydrogens (tertiary/aromatic N) is 1. The van der Waals surface area contributed by atoms with Gasteiger partial charge in [-0.15, -0.1) is 0 Å². The van der Waals surface area contributed by atoms with Crippen LogP contribution in [0.4, 0.5) is 5.69 Å². The van der Waals surface area contributed by atoms with E-state index in [2.05, 4.69) is 22.3 Å². The van der Waals surface area contributed by atoms with Crippen LogP contribution in [-0.4, -0.2) is 41.5 Å². The number of amides is 1. The Kier molecular flexibility index (Phi) is 6.80. The molecule has 0 saturated carbocycles. The number of ether oxygens (including phenoxy) is 1. The molecule has 1 aliphatic rings. The average Bonchev–Trinajstić information content (AvgIpc) is 2.64. The number of anilines is 1. The quantitative estimate of drug-likeness (QED) is 0.808. The van der Waals surface area contributed by atoms with Gasteiger partial charge in [0.1, 0.15) is 5.75 Å². The van der Waals surface area contributed by atoms with Crippen LogP contribution in [0.15, 0.2) is 42.5 Å². The first-order valence-corrected chi connectivity index (χ1v) is 10.6. The van der Waals surface area contributed by atoms with E-state index in [4.69, 9.17) is 4.74 Å². The van der Waals surface area contributed by atoms with Crippen LogP contribution in [0.3, 0.4) is 0 Å². The molecule has 1 amide bonds. The van der Waals surface area contributed by atoms with Gasteiger partial charge in [-0.05, 0) is 55.7 Å². The summed E-state index contributed by atoms with van der Waals surface area (Å²) in [6.45, 7) is 9.09. The van der Waals surface area contributed by atoms with Gasteiger partial charge in [0.15, 0.2) is 6.10 Å². The maximum Gasteiger partial charge on any atom is 0.265 e. The maximum absolute atomic E-state index is 12.5. The van der Waals surface area contributed by atoms with Crippen molar-refractivity contribution >= 4 is 23.4 Å². The Morgan fingerprint density at radius 2 is 1.96 bits per heavy atom. The molecule has 1 aliphatic heterocycles. The van der Waals surface area contributed by atoms with Gasteiger partial charge in [-0.1, -0.05) is 24.3 Å². The highest BCUT2D eigenvalue weighted by molar-refractivity contribution is 7.99. The van der Waals surface area contributed by atoms with Gasteiger partial charge >= 0.3 is 0 Å². The van der Waals surface area contributed by atoms with E-state index in [0.717, 1.165) is 36.4 Å². The van der Waals surface area contributed by atoms with Gasteiger partial charge in [-0.3, -0.25) is 9.69 Å². The Hall–Kier alpha value is -1.98. The van der Waals surface area contributed by atoms with Crippen molar-refractivity contribution in [3.05, 3.63) is 59.2 Å². The van der Waals surface area contributed by atoms with Gasteiger partial charge in [0.2, 0.25) is 0 Å². The second-order valence-corrected chi connectivity index (χ2v) is 8.33. The van der Waals surface area contributed by atoms with Gasteiger partial charge in [0.05, 0.1) is 0 Å². The van der Waals surface area contributed by atoms with Crippen molar-refractivity contribution in [1.29, 1.82) is 0 Å². The van der Waals surface area contributed by atoms with Crippen molar-refractivity contribution in [3.63, 3.8) is 0 Å². The lowest BCUT2D eigenvalue weighted by molar-refractivity contribution is -0.122. The van der Waals surface area contributed by atoms with Crippen molar-refractivity contribution in [2.75, 3.05) is 29.9 Å². The molecule has 0 aliphatic carbocycles. The van der Waals surface area contributed by atoms with Crippen molar-refractivity contribution in [3.8, 4) is 5.75 Å². The van der Waals surface area contributed by atoms with Crippen molar-refractivity contribution in [2.24, 2.45) is 0 Å². The summed E-state index contributed by atoms with van der Waals surface area (Å²) in [4.78, 5) is 15.0. The number of benzene rings is 2. The van der Waals surface area contributed by atoms with E-state index >= 15 is 0 Å². The zero-order valence-electron chi connectivity index (χ0n) is 16.3. The molecular formula is C22H28N2O2S. The topological polar surface area (TPSA) is 41.6 Å². The molecule has 0 spiro atoms. The predicted octanol–water partition coefficient (Wildman–Crippen LogP) is 4.26. The summed E-state index contributed by atoms with van der Waals surface area (Å²) >= 11 is 2.02. The molecule has 144 valence electrons. The lowest BCUT2D eigenvalue weighted by atomic mass is 10.1. The summed E-state index contributed by atoms with van der Waals surface area (Å²) in [5, 5.41) is 2.99. The molecule has 0 bridgehead atoms. The molecule has 1 N–H and O–H groups in total. The summed E-state index contributed by atoms with van der Waals surface area (Å²) in [7, 11) is 0. The highest BCUT2D eigenvalue weighted by atomic mass is 32.2. The van der Waals surface area contributed by atoms with Crippen LogP contribution in [-0.2, 0) is 11.3 Å². The molecular weight excluding hydrogens is 356 g/mol. The fourth-order valence-electron chi connectivity index (χ4n) is 3.16. The van der Waals surface area contributed by atoms with Crippen LogP contribution < -0.4 is 10.1 Å². The first-order valence-electron chi connectivity index (χ1n) is 9.45. The van der Waals surface area contributed by atoms with E-state index in [1.165, 1.54) is 17.1 Å². The van der Waals surface area contributed by atoms with Crippen molar-refractivity contribution < 1.29 is 9.53 Å². The number of rotatable bonds is 6. The Morgan fingerprint density at radius 3 is 2.67 bits per heavy atom. The third kappa shape index (κ3) is 5.75. The van der Waals surface area contributed by atoms with E-state index in [0.29, 0.717) is 5.75 Å². The molecule has 1 saturated heterocycles. The number of carbonyl (C=O) groups is 1. The molecule has 27 heavy (non-hydrogen) atoms. The zero-order valence-corrected chi connectivity index (χ0v) is 17.1. The lowest BCUT2D eigenvalue weighted by Crippen LogP contribution is -2.32. The first kappa shape index (κ1) is 19.8. The van der Waals surface area contributed by atoms with E-state index in [-0.39, 0.29) is 5.91 Å². The predicted molar refractivity (Wildman–Crippen MR) is 114 cm³/mol. The minimum atomic E-state index is -0.559. The first-order chi connectivity index (χ1) is 13.0. The van der Waals surface area contributed by atoms with E-state index in [1.54, 1.807) is 6.92 Å². The van der Waals surface area contributed by atoms with E-state index in [9.17, 15) is 4.79 Å². The molecule has 1 atom stereocenters. The standard InChI is InChI=1S/C22H28N2O2S/c1-16-5-4-6-20(13-16)26-18(3)22(25)23-21-8-7-19(14-17(21)2)15-24-9-11-27-12-10-24/h4-8,13-14,18H,9-12,15H2,1-3H3,(H,23,25). The van der Waals surface area contributed by atoms with Crippen LogP contribution >= 0.6 is 11.8 Å². The van der Waals surface area contributed by atoms with Crippen LogP contribution in [0, 0.1) is 13.8 Å². The molecule has 1 unspecified atom stereocenters. The molecule has 3 rings (SSSR count). The fourth-order valence-corrected chi connectivity index (χ4v) is 4.14. The van der Waals surface area contributed by atoms with E-state index in [1.807, 2.05) is 55.9 Å². The normalized spacial score (nSPS) is 16.0. The van der Waals surface area contributed by atoms with Gasteiger partial charge < -0.3 is 10.1 Å². The van der Waals surface area contributed by atoms with Crippen LogP contribution in [0.1, 0.15) is 23.6 Å². The number of carbonyl (C=O) groups excluding carboxylic acids is 1. The van der Waals surface area contributed by atoms with Gasteiger partial charge in [0.25, 0.3) is 5.91 Å². The lowest BCUT2D eigenvalue weighted by Gasteiger charge is -2.26. The Labute approximate surface area is 166 Å². The van der Waals surface area contributed by atoms with Crippen LogP contribution in [0.5, 0.6) is 5.75 Å². The number of hydrogen-bond acceptors (Lipinski definition) is 4. The Morgan fingerprint density at radius 1 is 1.19 bits per heavy atom. The van der Waals surface area contributed by atoms with Gasteiger partial charge in [-0.2, -0.15) is 11.8 Å². The zero-order chi connectivity index (χ0) is 19.2. The minimum absolute atomic E-state index is 0.139. The summed E-state index contributed by atoms with van der Waals surface area (Å²) in [5.41, 5.74) is 4.33.